The fraction of sp³-hybridized carbons (Fsp3) is 0.310. The van der Waals surface area contributed by atoms with Gasteiger partial charge in [-0.05, 0) is 47.5 Å². The zero-order valence-corrected chi connectivity index (χ0v) is 20.5. The third kappa shape index (κ3) is 7.25. The molecule has 0 bridgehead atoms. The highest BCUT2D eigenvalue weighted by Crippen LogP contribution is 2.24. The Labute approximate surface area is 208 Å². The molecule has 1 N–H and O–H groups in total. The zero-order chi connectivity index (χ0) is 24.5. The molecule has 1 fully saturated rings. The fourth-order valence-electron chi connectivity index (χ4n) is 4.16. The van der Waals surface area contributed by atoms with E-state index in [0.29, 0.717) is 6.54 Å². The van der Waals surface area contributed by atoms with Crippen molar-refractivity contribution in [2.24, 2.45) is 0 Å². The van der Waals surface area contributed by atoms with Crippen molar-refractivity contribution in [3.63, 3.8) is 0 Å². The summed E-state index contributed by atoms with van der Waals surface area (Å²) in [6.07, 6.45) is 3.52. The average Bonchev–Trinajstić information content (AvgIpc) is 2.92. The summed E-state index contributed by atoms with van der Waals surface area (Å²) in [5, 5.41) is 10.5. The maximum absolute atomic E-state index is 10.5. The van der Waals surface area contributed by atoms with Crippen LogP contribution in [0.2, 0.25) is 0 Å². The molecule has 0 aromatic heterocycles. The molecule has 4 rings (SSSR count). The van der Waals surface area contributed by atoms with E-state index < -0.39 is 6.10 Å². The molecule has 6 heteroatoms. The summed E-state index contributed by atoms with van der Waals surface area (Å²) in [5.74, 6) is 2.26. The minimum absolute atomic E-state index is 0.275. The number of anilines is 1. The predicted octanol–water partition coefficient (Wildman–Crippen LogP) is 4.44. The number of hydrogen-bond acceptors (Lipinski definition) is 6. The molecule has 35 heavy (non-hydrogen) atoms. The van der Waals surface area contributed by atoms with Gasteiger partial charge in [0.05, 0.1) is 14.2 Å². The summed E-state index contributed by atoms with van der Waals surface area (Å²) in [5.41, 5.74) is 3.31. The summed E-state index contributed by atoms with van der Waals surface area (Å²) in [4.78, 5) is 4.69. The number of methoxy groups -OCH3 is 2. The van der Waals surface area contributed by atoms with Crippen molar-refractivity contribution in [2.75, 3.05) is 58.5 Å². The molecule has 0 spiro atoms. The van der Waals surface area contributed by atoms with E-state index >= 15 is 0 Å². The molecule has 0 aliphatic carbocycles. The van der Waals surface area contributed by atoms with Gasteiger partial charge in [-0.1, -0.05) is 42.5 Å². The van der Waals surface area contributed by atoms with E-state index in [1.807, 2.05) is 60.7 Å². The molecule has 1 aliphatic heterocycles. The van der Waals surface area contributed by atoms with Crippen LogP contribution in [0.5, 0.6) is 17.2 Å². The first-order valence-corrected chi connectivity index (χ1v) is 12.0. The van der Waals surface area contributed by atoms with E-state index in [2.05, 4.69) is 34.1 Å². The number of benzene rings is 3. The summed E-state index contributed by atoms with van der Waals surface area (Å²) in [6.45, 7) is 4.70. The highest BCUT2D eigenvalue weighted by Gasteiger charge is 2.19. The van der Waals surface area contributed by atoms with Crippen LogP contribution in [0.3, 0.4) is 0 Å². The maximum Gasteiger partial charge on any atom is 0.123 e. The Kier molecular flexibility index (Phi) is 8.65. The van der Waals surface area contributed by atoms with Crippen molar-refractivity contribution in [1.82, 2.24) is 4.90 Å². The van der Waals surface area contributed by atoms with Crippen molar-refractivity contribution in [1.29, 1.82) is 0 Å². The molecule has 3 aromatic carbocycles. The van der Waals surface area contributed by atoms with Gasteiger partial charge < -0.3 is 24.2 Å². The lowest BCUT2D eigenvalue weighted by molar-refractivity contribution is 0.0663. The van der Waals surface area contributed by atoms with Gasteiger partial charge in [0.2, 0.25) is 0 Å². The molecule has 1 atom stereocenters. The van der Waals surface area contributed by atoms with E-state index in [4.69, 9.17) is 14.2 Å². The number of hydrogen-bond donors (Lipinski definition) is 1. The lowest BCUT2D eigenvalue weighted by Crippen LogP contribution is -2.49. The molecule has 184 valence electrons. The van der Waals surface area contributed by atoms with Gasteiger partial charge in [-0.3, -0.25) is 4.90 Å². The molecule has 1 aliphatic rings. The number of piperazine rings is 1. The molecule has 0 radical (unpaired) electrons. The van der Waals surface area contributed by atoms with Gasteiger partial charge >= 0.3 is 0 Å². The van der Waals surface area contributed by atoms with Crippen LogP contribution in [-0.2, 0) is 0 Å². The van der Waals surface area contributed by atoms with Crippen LogP contribution in [0, 0.1) is 0 Å². The second-order valence-electron chi connectivity index (χ2n) is 8.64. The third-order valence-electron chi connectivity index (χ3n) is 6.13. The average molecular weight is 475 g/mol. The summed E-state index contributed by atoms with van der Waals surface area (Å²) < 4.78 is 16.5. The molecule has 6 nitrogen and oxygen atoms in total. The van der Waals surface area contributed by atoms with Crippen LogP contribution >= 0.6 is 0 Å². The van der Waals surface area contributed by atoms with Crippen LogP contribution in [0.15, 0.2) is 72.8 Å². The molecular weight excluding hydrogens is 440 g/mol. The number of aliphatic hydroxyl groups is 1. The Balaban J connectivity index is 1.22. The van der Waals surface area contributed by atoms with Gasteiger partial charge in [-0.15, -0.1) is 0 Å². The van der Waals surface area contributed by atoms with Crippen molar-refractivity contribution < 1.29 is 19.3 Å². The van der Waals surface area contributed by atoms with E-state index in [9.17, 15) is 5.11 Å². The Bertz CT molecular complexity index is 1060. The Morgan fingerprint density at radius 1 is 0.771 bits per heavy atom. The monoisotopic (exact) mass is 474 g/mol. The predicted molar refractivity (Wildman–Crippen MR) is 142 cm³/mol. The maximum atomic E-state index is 10.5. The van der Waals surface area contributed by atoms with Gasteiger partial charge in [0, 0.05) is 44.5 Å². The molecule has 0 amide bonds. The van der Waals surface area contributed by atoms with Gasteiger partial charge in [0.25, 0.3) is 0 Å². The summed E-state index contributed by atoms with van der Waals surface area (Å²) in [7, 11) is 3.29. The minimum atomic E-state index is -0.527. The number of β-amino-alcohol motifs (C(OH)–C–C–N with tert-alkyl or cyclic N) is 1. The van der Waals surface area contributed by atoms with Crippen molar-refractivity contribution in [3.05, 3.63) is 83.9 Å². The highest BCUT2D eigenvalue weighted by atomic mass is 16.5. The first-order valence-electron chi connectivity index (χ1n) is 12.0. The van der Waals surface area contributed by atoms with E-state index in [-0.39, 0.29) is 6.61 Å². The largest absolute Gasteiger partial charge is 0.497 e. The summed E-state index contributed by atoms with van der Waals surface area (Å²) >= 11 is 0. The van der Waals surface area contributed by atoms with Crippen LogP contribution in [0.1, 0.15) is 11.1 Å². The van der Waals surface area contributed by atoms with E-state index in [1.54, 1.807) is 14.2 Å². The number of rotatable bonds is 10. The molecular formula is C29H34N2O4. The molecule has 3 aromatic rings. The normalized spacial score (nSPS) is 15.2. The Morgan fingerprint density at radius 3 is 2.03 bits per heavy atom. The molecule has 1 unspecified atom stereocenters. The van der Waals surface area contributed by atoms with Gasteiger partial charge in [-0.2, -0.15) is 0 Å². The Morgan fingerprint density at radius 2 is 1.40 bits per heavy atom. The Hall–Kier alpha value is -3.48. The van der Waals surface area contributed by atoms with E-state index in [0.717, 1.165) is 54.6 Å². The quantitative estimate of drug-likeness (QED) is 0.439. The van der Waals surface area contributed by atoms with E-state index in [1.165, 1.54) is 5.69 Å². The topological polar surface area (TPSA) is 54.4 Å². The second kappa shape index (κ2) is 12.3. The minimum Gasteiger partial charge on any atom is -0.497 e. The first kappa shape index (κ1) is 24.6. The lowest BCUT2D eigenvalue weighted by Gasteiger charge is -2.36. The van der Waals surface area contributed by atoms with Crippen LogP contribution < -0.4 is 19.1 Å². The fourth-order valence-corrected chi connectivity index (χ4v) is 4.16. The van der Waals surface area contributed by atoms with Crippen LogP contribution in [0.25, 0.3) is 12.2 Å². The lowest BCUT2D eigenvalue weighted by atomic mass is 10.1. The van der Waals surface area contributed by atoms with Crippen molar-refractivity contribution in [2.45, 2.75) is 6.10 Å². The number of para-hydroxylation sites is 1. The number of nitrogens with zero attached hydrogens (tertiary/aromatic N) is 2. The zero-order valence-electron chi connectivity index (χ0n) is 20.5. The molecule has 1 saturated heterocycles. The standard InChI is InChI=1S/C29H34N2O4/c1-33-28-18-24(19-29(20-28)34-2)9-8-23-10-12-27(13-11-23)35-22-26(32)21-30-14-16-31(17-15-30)25-6-4-3-5-7-25/h3-13,18-20,26,32H,14-17,21-22H2,1-2H3/b9-8+. The SMILES string of the molecule is COc1cc(/C=C/c2ccc(OCC(O)CN3CCN(c4ccccc4)CC3)cc2)cc(OC)c1. The second-order valence-corrected chi connectivity index (χ2v) is 8.64. The highest BCUT2D eigenvalue weighted by molar-refractivity contribution is 5.71. The van der Waals surface area contributed by atoms with Crippen LogP contribution in [0.4, 0.5) is 5.69 Å². The van der Waals surface area contributed by atoms with Crippen molar-refractivity contribution >= 4 is 17.8 Å². The molecule has 0 saturated carbocycles. The first-order chi connectivity index (χ1) is 17.1. The number of ether oxygens (including phenoxy) is 3. The third-order valence-corrected chi connectivity index (χ3v) is 6.13. The summed E-state index contributed by atoms with van der Waals surface area (Å²) in [6, 6.07) is 24.1. The van der Waals surface area contributed by atoms with Gasteiger partial charge in [-0.25, -0.2) is 0 Å². The van der Waals surface area contributed by atoms with Crippen molar-refractivity contribution in [3.8, 4) is 17.2 Å². The van der Waals surface area contributed by atoms with Gasteiger partial charge in [0.1, 0.15) is 30.0 Å². The van der Waals surface area contributed by atoms with Crippen LogP contribution in [-0.4, -0.2) is 69.7 Å². The number of aliphatic hydroxyl groups excluding tert-OH is 1. The molecule has 1 heterocycles. The van der Waals surface area contributed by atoms with Gasteiger partial charge in [0.15, 0.2) is 0 Å². The smallest absolute Gasteiger partial charge is 0.123 e.